The summed E-state index contributed by atoms with van der Waals surface area (Å²) in [5.41, 5.74) is 7.56. The van der Waals surface area contributed by atoms with Crippen molar-refractivity contribution >= 4 is 0 Å². The molecule has 1 atom stereocenters. The van der Waals surface area contributed by atoms with E-state index in [2.05, 4.69) is 10.9 Å². The van der Waals surface area contributed by atoms with Gasteiger partial charge in [-0.25, -0.2) is 0 Å². The van der Waals surface area contributed by atoms with Crippen LogP contribution in [0.4, 0.5) is 0 Å². The number of pyridine rings is 1. The molecule has 0 amide bonds. The van der Waals surface area contributed by atoms with E-state index in [4.69, 9.17) is 12.2 Å². The number of nitrogens with zero attached hydrogens (tertiary/aromatic N) is 1. The Balaban J connectivity index is 2.74. The van der Waals surface area contributed by atoms with Gasteiger partial charge in [-0.2, -0.15) is 0 Å². The van der Waals surface area contributed by atoms with Crippen molar-refractivity contribution in [3.8, 4) is 12.3 Å². The minimum Gasteiger partial charge on any atom is -0.405 e. The molecule has 0 spiro atoms. The quantitative estimate of drug-likeness (QED) is 0.614. The summed E-state index contributed by atoms with van der Waals surface area (Å²) >= 11 is 0. The lowest BCUT2D eigenvalue weighted by Gasteiger charge is -2.10. The van der Waals surface area contributed by atoms with E-state index >= 15 is 0 Å². The number of terminal acetylenes is 1. The highest BCUT2D eigenvalue weighted by Crippen LogP contribution is 2.15. The first-order valence-electron chi connectivity index (χ1n) is 5.18. The van der Waals surface area contributed by atoms with Gasteiger partial charge >= 0.3 is 0 Å². The fourth-order valence-electron chi connectivity index (χ4n) is 1.43. The maximum atomic E-state index is 5.53. The molecule has 0 aliphatic rings. The monoisotopic (exact) mass is 212 g/mol. The molecule has 1 aromatic rings. The minimum atomic E-state index is 0.0976. The molecule has 0 aromatic carbocycles. The Morgan fingerprint density at radius 1 is 1.69 bits per heavy atom. The van der Waals surface area contributed by atoms with Gasteiger partial charge in [0, 0.05) is 18.3 Å². The molecule has 1 aromatic heterocycles. The first-order chi connectivity index (χ1) is 7.77. The van der Waals surface area contributed by atoms with Gasteiger partial charge in [-0.3, -0.25) is 4.98 Å². The molecule has 1 rings (SSSR count). The van der Waals surface area contributed by atoms with Gasteiger partial charge in [-0.05, 0) is 37.3 Å². The molecule has 1 heterocycles. The van der Waals surface area contributed by atoms with Crippen LogP contribution >= 0.6 is 0 Å². The van der Waals surface area contributed by atoms with Crippen LogP contribution in [0.25, 0.3) is 0 Å². The van der Waals surface area contributed by atoms with Crippen LogP contribution in [0.2, 0.25) is 0 Å². The molecule has 0 radical (unpaired) electrons. The molecule has 0 aliphatic heterocycles. The zero-order valence-electron chi connectivity index (χ0n) is 9.43. The third-order valence-electron chi connectivity index (χ3n) is 2.38. The summed E-state index contributed by atoms with van der Waals surface area (Å²) in [5.74, 6) is 2.89. The van der Waals surface area contributed by atoms with Gasteiger partial charge in [0.25, 0.3) is 0 Å². The van der Waals surface area contributed by atoms with Gasteiger partial charge in [-0.15, -0.1) is 6.42 Å². The number of hydrogen-bond donors (Lipinski definition) is 1. The maximum absolute atomic E-state index is 5.53. The first-order valence-corrected chi connectivity index (χ1v) is 5.18. The van der Waals surface area contributed by atoms with Crippen molar-refractivity contribution in [1.29, 1.82) is 0 Å². The fourth-order valence-corrected chi connectivity index (χ4v) is 1.43. The van der Waals surface area contributed by atoms with Crippen LogP contribution in [-0.4, -0.2) is 4.98 Å². The van der Waals surface area contributed by atoms with E-state index in [0.717, 1.165) is 17.6 Å². The smallest absolute Gasteiger partial charge is 0.0450 e. The van der Waals surface area contributed by atoms with Crippen molar-refractivity contribution in [1.82, 2.24) is 4.98 Å². The zero-order chi connectivity index (χ0) is 11.8. The first kappa shape index (κ1) is 12.1. The maximum Gasteiger partial charge on any atom is 0.0450 e. The average Bonchev–Trinajstić information content (AvgIpc) is 2.34. The summed E-state index contributed by atoms with van der Waals surface area (Å²) in [6, 6.07) is 3.95. The van der Waals surface area contributed by atoms with Crippen molar-refractivity contribution in [2.24, 2.45) is 11.7 Å². The van der Waals surface area contributed by atoms with Gasteiger partial charge in [0.05, 0.1) is 0 Å². The summed E-state index contributed by atoms with van der Waals surface area (Å²) in [6.45, 7) is 2.01. The lowest BCUT2D eigenvalue weighted by Crippen LogP contribution is -2.03. The molecule has 2 nitrogen and oxygen atoms in total. The largest absolute Gasteiger partial charge is 0.405 e. The lowest BCUT2D eigenvalue weighted by molar-refractivity contribution is 0.776. The highest BCUT2D eigenvalue weighted by Gasteiger charge is 2.07. The molecule has 2 N–H and O–H groups in total. The molecule has 82 valence electrons. The number of allylic oxidation sites excluding steroid dienone is 3. The zero-order valence-corrected chi connectivity index (χ0v) is 9.43. The second-order valence-corrected chi connectivity index (χ2v) is 3.58. The summed E-state index contributed by atoms with van der Waals surface area (Å²) in [5, 5.41) is 0. The van der Waals surface area contributed by atoms with E-state index in [9.17, 15) is 0 Å². The molecular formula is C14H16N2. The average molecular weight is 212 g/mol. The third kappa shape index (κ3) is 3.62. The molecule has 0 saturated carbocycles. The van der Waals surface area contributed by atoms with Crippen LogP contribution in [0.15, 0.2) is 48.5 Å². The van der Waals surface area contributed by atoms with Gasteiger partial charge in [0.2, 0.25) is 0 Å². The van der Waals surface area contributed by atoms with Crippen molar-refractivity contribution in [3.63, 3.8) is 0 Å². The summed E-state index contributed by atoms with van der Waals surface area (Å²) < 4.78 is 0. The second kappa shape index (κ2) is 6.47. The Labute approximate surface area is 96.9 Å². The van der Waals surface area contributed by atoms with E-state index in [1.54, 1.807) is 12.3 Å². The Morgan fingerprint density at radius 2 is 2.50 bits per heavy atom. The number of hydrogen-bond acceptors (Lipinski definition) is 2. The van der Waals surface area contributed by atoms with Crippen LogP contribution in [0.1, 0.15) is 12.5 Å². The van der Waals surface area contributed by atoms with Crippen molar-refractivity contribution in [2.45, 2.75) is 13.3 Å². The highest BCUT2D eigenvalue weighted by atomic mass is 14.6. The van der Waals surface area contributed by atoms with Gasteiger partial charge in [0.15, 0.2) is 0 Å². The van der Waals surface area contributed by atoms with Crippen molar-refractivity contribution in [2.75, 3.05) is 0 Å². The third-order valence-corrected chi connectivity index (χ3v) is 2.38. The van der Waals surface area contributed by atoms with Crippen molar-refractivity contribution in [3.05, 3.63) is 54.0 Å². The predicted molar refractivity (Wildman–Crippen MR) is 67.3 cm³/mol. The number of nitrogens with two attached hydrogens (primary N) is 1. The van der Waals surface area contributed by atoms with E-state index in [1.165, 1.54) is 6.20 Å². The Kier molecular flexibility index (Phi) is 4.88. The minimum absolute atomic E-state index is 0.0976. The van der Waals surface area contributed by atoms with E-state index in [0.29, 0.717) is 0 Å². The molecule has 16 heavy (non-hydrogen) atoms. The van der Waals surface area contributed by atoms with Gasteiger partial charge in [0.1, 0.15) is 0 Å². The second-order valence-electron chi connectivity index (χ2n) is 3.58. The standard InChI is InChI=1S/C14H16N2/c1-3-14(12(2)6-4-8-15)10-13-7-5-9-16-11-13/h1,4-9,11,14H,10,15H2,2H3/b8-4-,12-6+. The van der Waals surface area contributed by atoms with Crippen LogP contribution in [0.3, 0.4) is 0 Å². The molecule has 0 saturated heterocycles. The van der Waals surface area contributed by atoms with E-state index < -0.39 is 0 Å². The lowest BCUT2D eigenvalue weighted by atomic mass is 9.94. The van der Waals surface area contributed by atoms with Gasteiger partial charge in [-0.1, -0.05) is 23.6 Å². The Morgan fingerprint density at radius 3 is 3.06 bits per heavy atom. The summed E-state index contributed by atoms with van der Waals surface area (Å²) in [6.07, 6.45) is 15.2. The van der Waals surface area contributed by atoms with Crippen molar-refractivity contribution < 1.29 is 0 Å². The van der Waals surface area contributed by atoms with Crippen LogP contribution in [0.5, 0.6) is 0 Å². The van der Waals surface area contributed by atoms with Crippen LogP contribution in [0, 0.1) is 18.3 Å². The Hall–Kier alpha value is -2.01. The van der Waals surface area contributed by atoms with Gasteiger partial charge < -0.3 is 5.73 Å². The number of rotatable bonds is 4. The molecule has 0 bridgehead atoms. The number of aromatic nitrogens is 1. The molecule has 2 heteroatoms. The fraction of sp³-hybridized carbons (Fsp3) is 0.214. The summed E-state index contributed by atoms with van der Waals surface area (Å²) in [7, 11) is 0. The molecule has 0 fully saturated rings. The SMILES string of the molecule is C#CC(Cc1cccnc1)/C(C)=C/C=C\N. The normalized spacial score (nSPS) is 13.6. The Bertz CT molecular complexity index is 410. The van der Waals surface area contributed by atoms with Crippen LogP contribution < -0.4 is 5.73 Å². The van der Waals surface area contributed by atoms with Crippen LogP contribution in [-0.2, 0) is 6.42 Å². The highest BCUT2D eigenvalue weighted by molar-refractivity contribution is 5.24. The predicted octanol–water partition coefficient (Wildman–Crippen LogP) is 2.29. The van der Waals surface area contributed by atoms with E-state index in [1.807, 2.05) is 31.3 Å². The molecule has 1 unspecified atom stereocenters. The summed E-state index contributed by atoms with van der Waals surface area (Å²) in [4.78, 5) is 4.07. The van der Waals surface area contributed by atoms with E-state index in [-0.39, 0.29) is 5.92 Å². The molecular weight excluding hydrogens is 196 g/mol. The topological polar surface area (TPSA) is 38.9 Å². The molecule has 0 aliphatic carbocycles.